The number of nitrogens with one attached hydrogen (secondary N) is 1. The fraction of sp³-hybridized carbons (Fsp3) is 0.278. The molecule has 1 aliphatic heterocycles. The van der Waals surface area contributed by atoms with Crippen molar-refractivity contribution in [3.8, 4) is 6.07 Å². The minimum atomic E-state index is -4.50. The van der Waals surface area contributed by atoms with Gasteiger partial charge in [-0.3, -0.25) is 4.79 Å². The van der Waals surface area contributed by atoms with Gasteiger partial charge in [0.05, 0.1) is 18.0 Å². The minimum absolute atomic E-state index is 0.237. The summed E-state index contributed by atoms with van der Waals surface area (Å²) in [5.74, 6) is 0.657. The molecule has 0 radical (unpaired) electrons. The summed E-state index contributed by atoms with van der Waals surface area (Å²) in [6.45, 7) is 1.86. The molecule has 8 nitrogen and oxygen atoms in total. The predicted molar refractivity (Wildman–Crippen MR) is 98.1 cm³/mol. The number of alkyl halides is 3. The highest BCUT2D eigenvalue weighted by molar-refractivity contribution is 5.88. The molecule has 29 heavy (non-hydrogen) atoms. The predicted octanol–water partition coefficient (Wildman–Crippen LogP) is 2.36. The van der Waals surface area contributed by atoms with Gasteiger partial charge in [0.15, 0.2) is 11.6 Å². The number of pyridine rings is 1. The maximum atomic E-state index is 12.7. The van der Waals surface area contributed by atoms with Crippen LogP contribution in [0.4, 0.5) is 30.5 Å². The summed E-state index contributed by atoms with van der Waals surface area (Å²) in [4.78, 5) is 27.4. The smallest absolute Gasteiger partial charge is 0.350 e. The maximum Gasteiger partial charge on any atom is 0.433 e. The summed E-state index contributed by atoms with van der Waals surface area (Å²) in [7, 11) is 0. The SMILES string of the molecule is N#C/C=C/C(=O)N1CCN(c2nccnc2Nc2ccc(C(F)(F)F)nc2)CC1. The third-order valence-electron chi connectivity index (χ3n) is 4.19. The zero-order valence-electron chi connectivity index (χ0n) is 15.1. The Morgan fingerprint density at radius 3 is 2.48 bits per heavy atom. The second kappa shape index (κ2) is 8.55. The zero-order chi connectivity index (χ0) is 20.9. The molecule has 3 rings (SSSR count). The largest absolute Gasteiger partial charge is 0.433 e. The highest BCUT2D eigenvalue weighted by Crippen LogP contribution is 2.29. The van der Waals surface area contributed by atoms with Crippen LogP contribution in [-0.4, -0.2) is 51.9 Å². The highest BCUT2D eigenvalue weighted by atomic mass is 19.4. The summed E-state index contributed by atoms with van der Waals surface area (Å²) in [5, 5.41) is 11.5. The third kappa shape index (κ3) is 4.98. The topological polar surface area (TPSA) is 98.0 Å². The van der Waals surface area contributed by atoms with Crippen LogP contribution in [0.1, 0.15) is 5.69 Å². The van der Waals surface area contributed by atoms with Crippen molar-refractivity contribution in [2.75, 3.05) is 36.4 Å². The Bertz CT molecular complexity index is 930. The van der Waals surface area contributed by atoms with Crippen molar-refractivity contribution < 1.29 is 18.0 Å². The van der Waals surface area contributed by atoms with E-state index in [4.69, 9.17) is 5.26 Å². The quantitative estimate of drug-likeness (QED) is 0.618. The standard InChI is InChI=1S/C18H16F3N7O/c19-18(20,21)14-4-3-13(12-25-14)26-16-17(24-7-6-23-16)28-10-8-27(9-11-28)15(29)2-1-5-22/h1-4,6-7,12H,8-11H2,(H,23,26)/b2-1+. The molecule has 2 aromatic heterocycles. The van der Waals surface area contributed by atoms with Crippen molar-refractivity contribution in [1.82, 2.24) is 19.9 Å². The van der Waals surface area contributed by atoms with Crippen LogP contribution in [0.2, 0.25) is 0 Å². The fourth-order valence-electron chi connectivity index (χ4n) is 2.78. The lowest BCUT2D eigenvalue weighted by atomic mass is 10.3. The molecule has 150 valence electrons. The molecule has 0 atom stereocenters. The molecule has 3 heterocycles. The van der Waals surface area contributed by atoms with Gasteiger partial charge >= 0.3 is 6.18 Å². The number of piperazine rings is 1. The first kappa shape index (κ1) is 20.1. The fourth-order valence-corrected chi connectivity index (χ4v) is 2.78. The van der Waals surface area contributed by atoms with Crippen molar-refractivity contribution in [3.63, 3.8) is 0 Å². The molecule has 1 saturated heterocycles. The first-order valence-corrected chi connectivity index (χ1v) is 8.60. The molecule has 0 unspecified atom stereocenters. The molecule has 0 spiro atoms. The van der Waals surface area contributed by atoms with E-state index in [1.54, 1.807) is 11.0 Å². The van der Waals surface area contributed by atoms with Gasteiger partial charge in [0.1, 0.15) is 5.69 Å². The third-order valence-corrected chi connectivity index (χ3v) is 4.19. The van der Waals surface area contributed by atoms with Crippen molar-refractivity contribution in [2.24, 2.45) is 0 Å². The number of amides is 1. The van der Waals surface area contributed by atoms with Crippen LogP contribution in [0.5, 0.6) is 0 Å². The Kier molecular flexibility index (Phi) is 5.92. The number of anilines is 3. The van der Waals surface area contributed by atoms with Crippen LogP contribution >= 0.6 is 0 Å². The molecule has 1 aliphatic rings. The van der Waals surface area contributed by atoms with Crippen LogP contribution < -0.4 is 10.2 Å². The molecule has 0 saturated carbocycles. The molecule has 0 bridgehead atoms. The van der Waals surface area contributed by atoms with Crippen LogP contribution in [0.15, 0.2) is 42.9 Å². The minimum Gasteiger partial charge on any atom is -0.350 e. The van der Waals surface area contributed by atoms with E-state index in [1.807, 2.05) is 4.90 Å². The molecular formula is C18H16F3N7O. The van der Waals surface area contributed by atoms with Gasteiger partial charge in [0.25, 0.3) is 0 Å². The van der Waals surface area contributed by atoms with Gasteiger partial charge in [0, 0.05) is 50.7 Å². The monoisotopic (exact) mass is 403 g/mol. The average Bonchev–Trinajstić information content (AvgIpc) is 2.72. The zero-order valence-corrected chi connectivity index (χ0v) is 15.1. The Labute approximate surface area is 164 Å². The average molecular weight is 403 g/mol. The molecule has 11 heteroatoms. The number of hydrogen-bond acceptors (Lipinski definition) is 7. The normalized spacial score (nSPS) is 14.7. The molecule has 1 N–H and O–H groups in total. The van der Waals surface area contributed by atoms with Crippen molar-refractivity contribution in [1.29, 1.82) is 5.26 Å². The van der Waals surface area contributed by atoms with Gasteiger partial charge in [-0.25, -0.2) is 15.0 Å². The highest BCUT2D eigenvalue weighted by Gasteiger charge is 2.32. The Morgan fingerprint density at radius 2 is 1.86 bits per heavy atom. The Hall–Kier alpha value is -3.68. The van der Waals surface area contributed by atoms with Gasteiger partial charge in [-0.2, -0.15) is 18.4 Å². The molecule has 0 aliphatic carbocycles. The van der Waals surface area contributed by atoms with E-state index in [0.717, 1.165) is 18.3 Å². The number of aromatic nitrogens is 3. The van der Waals surface area contributed by atoms with Crippen LogP contribution in [0.25, 0.3) is 0 Å². The van der Waals surface area contributed by atoms with E-state index in [-0.39, 0.29) is 5.91 Å². The molecule has 0 aromatic carbocycles. The number of nitrogens with zero attached hydrogens (tertiary/aromatic N) is 6. The van der Waals surface area contributed by atoms with E-state index in [9.17, 15) is 18.0 Å². The summed E-state index contributed by atoms with van der Waals surface area (Å²) in [5.41, 5.74) is -0.635. The molecular weight excluding hydrogens is 387 g/mol. The van der Waals surface area contributed by atoms with Gasteiger partial charge in [0.2, 0.25) is 5.91 Å². The van der Waals surface area contributed by atoms with Crippen molar-refractivity contribution in [2.45, 2.75) is 6.18 Å². The van der Waals surface area contributed by atoms with Crippen LogP contribution in [0.3, 0.4) is 0 Å². The number of nitriles is 1. The van der Waals surface area contributed by atoms with E-state index in [0.29, 0.717) is 43.5 Å². The molecule has 1 amide bonds. The number of allylic oxidation sites excluding steroid dienone is 1. The number of halogens is 3. The van der Waals surface area contributed by atoms with Crippen molar-refractivity contribution in [3.05, 3.63) is 48.6 Å². The second-order valence-electron chi connectivity index (χ2n) is 6.06. The Balaban J connectivity index is 1.69. The number of hydrogen-bond donors (Lipinski definition) is 1. The van der Waals surface area contributed by atoms with Gasteiger partial charge in [-0.15, -0.1) is 0 Å². The first-order valence-electron chi connectivity index (χ1n) is 8.60. The maximum absolute atomic E-state index is 12.7. The van der Waals surface area contributed by atoms with E-state index in [2.05, 4.69) is 20.3 Å². The van der Waals surface area contributed by atoms with Crippen molar-refractivity contribution >= 4 is 23.2 Å². The molecule has 2 aromatic rings. The summed E-state index contributed by atoms with van der Waals surface area (Å²) >= 11 is 0. The van der Waals surface area contributed by atoms with Gasteiger partial charge in [-0.05, 0) is 12.1 Å². The second-order valence-corrected chi connectivity index (χ2v) is 6.06. The summed E-state index contributed by atoms with van der Waals surface area (Å²) in [6, 6.07) is 3.94. The summed E-state index contributed by atoms with van der Waals surface area (Å²) < 4.78 is 38.0. The Morgan fingerprint density at radius 1 is 1.14 bits per heavy atom. The first-order chi connectivity index (χ1) is 13.9. The number of carbonyl (C=O) groups excluding carboxylic acids is 1. The molecule has 1 fully saturated rings. The van der Waals surface area contributed by atoms with Crippen LogP contribution in [-0.2, 0) is 11.0 Å². The van der Waals surface area contributed by atoms with Crippen LogP contribution in [0, 0.1) is 11.3 Å². The number of rotatable bonds is 4. The van der Waals surface area contributed by atoms with Gasteiger partial charge in [-0.1, -0.05) is 0 Å². The van der Waals surface area contributed by atoms with E-state index >= 15 is 0 Å². The lowest BCUT2D eigenvalue weighted by Crippen LogP contribution is -2.48. The lowest BCUT2D eigenvalue weighted by molar-refractivity contribution is -0.141. The number of carbonyl (C=O) groups is 1. The van der Waals surface area contributed by atoms with E-state index in [1.165, 1.54) is 24.5 Å². The van der Waals surface area contributed by atoms with Gasteiger partial charge < -0.3 is 15.1 Å². The van der Waals surface area contributed by atoms with E-state index < -0.39 is 11.9 Å². The summed E-state index contributed by atoms with van der Waals surface area (Å²) in [6.07, 6.45) is 1.92. The lowest BCUT2D eigenvalue weighted by Gasteiger charge is -2.35.